The van der Waals surface area contributed by atoms with Crippen LogP contribution in [0.25, 0.3) is 11.3 Å². The Kier molecular flexibility index (Phi) is 5.37. The fourth-order valence-corrected chi connectivity index (χ4v) is 3.94. The number of aromatic nitrogens is 5. The molecule has 0 bridgehead atoms. The van der Waals surface area contributed by atoms with Gasteiger partial charge in [-0.25, -0.2) is 14.4 Å². The van der Waals surface area contributed by atoms with Crippen LogP contribution in [-0.4, -0.2) is 38.8 Å². The van der Waals surface area contributed by atoms with E-state index >= 15 is 0 Å². The van der Waals surface area contributed by atoms with Crippen LogP contribution < -0.4 is 15.0 Å². The van der Waals surface area contributed by atoms with Gasteiger partial charge in [0, 0.05) is 12.6 Å². The highest BCUT2D eigenvalue weighted by atomic mass is 19.1. The molecule has 2 aromatic carbocycles. The number of ether oxygens (including phenoxy) is 1. The normalized spacial score (nSPS) is 15.7. The average Bonchev–Trinajstić information content (AvgIpc) is 3.50. The lowest BCUT2D eigenvalue weighted by molar-refractivity contribution is 0.415. The summed E-state index contributed by atoms with van der Waals surface area (Å²) >= 11 is 0. The second-order valence-corrected chi connectivity index (χ2v) is 7.53. The van der Waals surface area contributed by atoms with E-state index in [0.29, 0.717) is 17.7 Å². The molecule has 1 aliphatic heterocycles. The first-order valence-electron chi connectivity index (χ1n) is 10.4. The van der Waals surface area contributed by atoms with Crippen molar-refractivity contribution in [1.82, 2.24) is 25.1 Å². The fraction of sp³-hybridized carbons (Fsp3) is 0.217. The van der Waals surface area contributed by atoms with Crippen LogP contribution in [0.2, 0.25) is 0 Å². The predicted octanol–water partition coefficient (Wildman–Crippen LogP) is 4.49. The van der Waals surface area contributed by atoms with E-state index in [-0.39, 0.29) is 11.9 Å². The third-order valence-corrected chi connectivity index (χ3v) is 5.54. The minimum atomic E-state index is -0.238. The second kappa shape index (κ2) is 8.62. The summed E-state index contributed by atoms with van der Waals surface area (Å²) in [7, 11) is 1.64. The number of benzene rings is 2. The molecule has 1 unspecified atom stereocenters. The average molecular weight is 431 g/mol. The number of H-pyrrole nitrogens is 1. The Bertz CT molecular complexity index is 1190. The first-order chi connectivity index (χ1) is 15.7. The maximum absolute atomic E-state index is 13.3. The highest BCUT2D eigenvalue weighted by Crippen LogP contribution is 2.34. The van der Waals surface area contributed by atoms with Crippen LogP contribution in [0.5, 0.6) is 5.75 Å². The SMILES string of the molecule is COc1ccc(-c2cc(Nc3ncnc(N4CCCC4c4ccc(F)cc4)n3)n[nH]2)cc1. The largest absolute Gasteiger partial charge is 0.497 e. The van der Waals surface area contributed by atoms with Crippen LogP contribution in [0, 0.1) is 5.82 Å². The summed E-state index contributed by atoms with van der Waals surface area (Å²) in [5.74, 6) is 2.15. The Morgan fingerprint density at radius 3 is 2.69 bits per heavy atom. The molecule has 9 heteroatoms. The smallest absolute Gasteiger partial charge is 0.233 e. The molecule has 0 radical (unpaired) electrons. The number of halogens is 1. The lowest BCUT2D eigenvalue weighted by Crippen LogP contribution is -2.25. The molecular formula is C23H22FN7O. The number of anilines is 3. The highest BCUT2D eigenvalue weighted by molar-refractivity contribution is 5.65. The Morgan fingerprint density at radius 1 is 1.09 bits per heavy atom. The molecule has 1 saturated heterocycles. The number of hydrogen-bond donors (Lipinski definition) is 2. The highest BCUT2D eigenvalue weighted by Gasteiger charge is 2.28. The van der Waals surface area contributed by atoms with Gasteiger partial charge in [-0.2, -0.15) is 10.1 Å². The summed E-state index contributed by atoms with van der Waals surface area (Å²) in [6.07, 6.45) is 3.47. The number of nitrogens with zero attached hydrogens (tertiary/aromatic N) is 5. The van der Waals surface area contributed by atoms with Gasteiger partial charge in [0.05, 0.1) is 18.8 Å². The van der Waals surface area contributed by atoms with Crippen molar-refractivity contribution >= 4 is 17.7 Å². The molecule has 0 amide bonds. The van der Waals surface area contributed by atoms with E-state index in [2.05, 4.69) is 35.4 Å². The van der Waals surface area contributed by atoms with Crippen molar-refractivity contribution < 1.29 is 9.13 Å². The number of rotatable bonds is 6. The van der Waals surface area contributed by atoms with Gasteiger partial charge in [-0.05, 0) is 60.4 Å². The van der Waals surface area contributed by atoms with Crippen molar-refractivity contribution in [2.75, 3.05) is 23.9 Å². The zero-order chi connectivity index (χ0) is 21.9. The lowest BCUT2D eigenvalue weighted by Gasteiger charge is -2.25. The maximum Gasteiger partial charge on any atom is 0.233 e. The lowest BCUT2D eigenvalue weighted by atomic mass is 10.0. The van der Waals surface area contributed by atoms with E-state index in [4.69, 9.17) is 4.74 Å². The van der Waals surface area contributed by atoms with Gasteiger partial charge in [0.1, 0.15) is 17.9 Å². The van der Waals surface area contributed by atoms with Crippen LogP contribution in [0.1, 0.15) is 24.4 Å². The van der Waals surface area contributed by atoms with Crippen LogP contribution in [0.4, 0.5) is 22.1 Å². The molecule has 1 fully saturated rings. The van der Waals surface area contributed by atoms with Crippen molar-refractivity contribution in [3.05, 3.63) is 72.3 Å². The molecule has 0 spiro atoms. The van der Waals surface area contributed by atoms with E-state index in [9.17, 15) is 4.39 Å². The van der Waals surface area contributed by atoms with Gasteiger partial charge in [-0.3, -0.25) is 5.10 Å². The molecule has 0 saturated carbocycles. The van der Waals surface area contributed by atoms with Crippen molar-refractivity contribution in [3.63, 3.8) is 0 Å². The zero-order valence-electron chi connectivity index (χ0n) is 17.5. The van der Waals surface area contributed by atoms with E-state index in [1.807, 2.05) is 42.5 Å². The molecular weight excluding hydrogens is 409 g/mol. The van der Waals surface area contributed by atoms with E-state index in [1.54, 1.807) is 7.11 Å². The number of aromatic amines is 1. The van der Waals surface area contributed by atoms with Crippen molar-refractivity contribution in [2.45, 2.75) is 18.9 Å². The molecule has 1 atom stereocenters. The second-order valence-electron chi connectivity index (χ2n) is 7.53. The van der Waals surface area contributed by atoms with Gasteiger partial charge in [0.15, 0.2) is 5.82 Å². The van der Waals surface area contributed by atoms with Crippen LogP contribution >= 0.6 is 0 Å². The van der Waals surface area contributed by atoms with Gasteiger partial charge >= 0.3 is 0 Å². The fourth-order valence-electron chi connectivity index (χ4n) is 3.94. The minimum Gasteiger partial charge on any atom is -0.497 e. The summed E-state index contributed by atoms with van der Waals surface area (Å²) in [6, 6.07) is 16.3. The molecule has 2 N–H and O–H groups in total. The van der Waals surface area contributed by atoms with E-state index < -0.39 is 0 Å². The Labute approximate surface area is 184 Å². The van der Waals surface area contributed by atoms with E-state index in [1.165, 1.54) is 18.5 Å². The van der Waals surface area contributed by atoms with Crippen LogP contribution in [-0.2, 0) is 0 Å². The van der Waals surface area contributed by atoms with Gasteiger partial charge < -0.3 is 15.0 Å². The molecule has 2 aromatic heterocycles. The first-order valence-corrected chi connectivity index (χ1v) is 10.4. The standard InChI is InChI=1S/C23H22FN7O/c1-32-18-10-6-15(7-11-18)19-13-21(30-29-19)27-22-25-14-26-23(28-22)31-12-2-3-20(31)16-4-8-17(24)9-5-16/h4-11,13-14,20H,2-3,12H2,1H3,(H2,25,26,27,28,29,30). The Balaban J connectivity index is 1.33. The summed E-state index contributed by atoms with van der Waals surface area (Å²) in [5.41, 5.74) is 2.90. The zero-order valence-corrected chi connectivity index (χ0v) is 17.5. The van der Waals surface area contributed by atoms with Gasteiger partial charge in [-0.15, -0.1) is 0 Å². The molecule has 0 aliphatic carbocycles. The summed E-state index contributed by atoms with van der Waals surface area (Å²) in [6.45, 7) is 0.829. The molecule has 8 nitrogen and oxygen atoms in total. The third kappa shape index (κ3) is 4.09. The quantitative estimate of drug-likeness (QED) is 0.465. The maximum atomic E-state index is 13.3. The van der Waals surface area contributed by atoms with Crippen LogP contribution in [0.3, 0.4) is 0 Å². The summed E-state index contributed by atoms with van der Waals surface area (Å²) in [4.78, 5) is 15.3. The van der Waals surface area contributed by atoms with Crippen molar-refractivity contribution in [2.24, 2.45) is 0 Å². The summed E-state index contributed by atoms with van der Waals surface area (Å²) in [5, 5.41) is 10.5. The van der Waals surface area contributed by atoms with Gasteiger partial charge in [0.25, 0.3) is 0 Å². The number of hydrogen-bond acceptors (Lipinski definition) is 7. The van der Waals surface area contributed by atoms with Crippen molar-refractivity contribution in [1.29, 1.82) is 0 Å². The molecule has 162 valence electrons. The van der Waals surface area contributed by atoms with Crippen LogP contribution in [0.15, 0.2) is 60.9 Å². The molecule has 5 rings (SSSR count). The third-order valence-electron chi connectivity index (χ3n) is 5.54. The monoisotopic (exact) mass is 431 g/mol. The Morgan fingerprint density at radius 2 is 1.91 bits per heavy atom. The van der Waals surface area contributed by atoms with Gasteiger partial charge in [-0.1, -0.05) is 12.1 Å². The molecule has 3 heterocycles. The molecule has 1 aliphatic rings. The topological polar surface area (TPSA) is 91.8 Å². The van der Waals surface area contributed by atoms with Crippen molar-refractivity contribution in [3.8, 4) is 17.0 Å². The predicted molar refractivity (Wildman–Crippen MR) is 119 cm³/mol. The molecule has 4 aromatic rings. The number of methoxy groups -OCH3 is 1. The number of nitrogens with one attached hydrogen (secondary N) is 2. The Hall–Kier alpha value is -4.01. The summed E-state index contributed by atoms with van der Waals surface area (Å²) < 4.78 is 18.5. The minimum absolute atomic E-state index is 0.109. The van der Waals surface area contributed by atoms with E-state index in [0.717, 1.165) is 42.0 Å². The first kappa shape index (κ1) is 19.9. The van der Waals surface area contributed by atoms with Gasteiger partial charge in [0.2, 0.25) is 11.9 Å². The molecule has 32 heavy (non-hydrogen) atoms.